The van der Waals surface area contributed by atoms with E-state index in [1.807, 2.05) is 12.1 Å². The van der Waals surface area contributed by atoms with Crippen LogP contribution in [0.4, 0.5) is 0 Å². The average Bonchev–Trinajstić information content (AvgIpc) is 2.74. The van der Waals surface area contributed by atoms with Crippen molar-refractivity contribution in [2.45, 2.75) is 25.4 Å². The van der Waals surface area contributed by atoms with E-state index in [4.69, 9.17) is 30.1 Å². The number of nitrogens with zero attached hydrogens (tertiary/aromatic N) is 3. The van der Waals surface area contributed by atoms with Crippen LogP contribution >= 0.6 is 0 Å². The van der Waals surface area contributed by atoms with E-state index in [0.717, 1.165) is 38.2 Å². The highest BCUT2D eigenvalue weighted by atomic mass is 16.6. The highest BCUT2D eigenvalue weighted by molar-refractivity contribution is 5.27. The van der Waals surface area contributed by atoms with E-state index in [-0.39, 0.29) is 0 Å². The number of nitrogens with two attached hydrogens (primary N) is 1. The van der Waals surface area contributed by atoms with Gasteiger partial charge in [-0.1, -0.05) is 12.1 Å². The van der Waals surface area contributed by atoms with Crippen molar-refractivity contribution in [3.05, 3.63) is 34.9 Å². The summed E-state index contributed by atoms with van der Waals surface area (Å²) in [7, 11) is 0. The summed E-state index contributed by atoms with van der Waals surface area (Å²) in [6.45, 7) is 7.13. The summed E-state index contributed by atoms with van der Waals surface area (Å²) < 4.78 is 21.8. The molecule has 1 aliphatic rings. The maximum absolute atomic E-state index is 8.17. The van der Waals surface area contributed by atoms with Gasteiger partial charge in [0.05, 0.1) is 39.6 Å². The molecular formula is C20H34N5O4+. The summed E-state index contributed by atoms with van der Waals surface area (Å²) in [5.41, 5.74) is 9.64. The van der Waals surface area contributed by atoms with Crippen LogP contribution < -0.4 is 15.9 Å². The van der Waals surface area contributed by atoms with Gasteiger partial charge in [0.15, 0.2) is 0 Å². The predicted octanol–water partition coefficient (Wildman–Crippen LogP) is 1.40. The SMILES string of the molecule is N#[N+]NCCOCCOCCOCCOc1ccc(CN2CCC(N)CC2)cc1. The maximum Gasteiger partial charge on any atom is 0.302 e. The van der Waals surface area contributed by atoms with Crippen molar-refractivity contribution < 1.29 is 18.9 Å². The summed E-state index contributed by atoms with van der Waals surface area (Å²) >= 11 is 0. The van der Waals surface area contributed by atoms with Crippen LogP contribution in [-0.4, -0.2) is 76.8 Å². The van der Waals surface area contributed by atoms with Crippen LogP contribution in [-0.2, 0) is 20.8 Å². The summed E-state index contributed by atoms with van der Waals surface area (Å²) in [5.74, 6) is 0.856. The van der Waals surface area contributed by atoms with Gasteiger partial charge in [-0.25, -0.2) is 0 Å². The van der Waals surface area contributed by atoms with Gasteiger partial charge in [-0.05, 0) is 49.1 Å². The second-order valence-electron chi connectivity index (χ2n) is 6.95. The maximum atomic E-state index is 8.17. The highest BCUT2D eigenvalue weighted by Crippen LogP contribution is 2.16. The molecule has 0 aliphatic carbocycles. The third kappa shape index (κ3) is 11.0. The van der Waals surface area contributed by atoms with E-state index < -0.39 is 0 Å². The van der Waals surface area contributed by atoms with Crippen molar-refractivity contribution in [3.63, 3.8) is 0 Å². The molecule has 0 spiro atoms. The summed E-state index contributed by atoms with van der Waals surface area (Å²) in [4.78, 5) is 2.45. The van der Waals surface area contributed by atoms with Gasteiger partial charge in [-0.2, -0.15) is 0 Å². The second-order valence-corrected chi connectivity index (χ2v) is 6.95. The lowest BCUT2D eigenvalue weighted by Crippen LogP contribution is -2.39. The molecule has 9 nitrogen and oxygen atoms in total. The number of hydrogen-bond donors (Lipinski definition) is 2. The van der Waals surface area contributed by atoms with Gasteiger partial charge in [0.1, 0.15) is 18.9 Å². The zero-order chi connectivity index (χ0) is 20.6. The molecule has 29 heavy (non-hydrogen) atoms. The Kier molecular flexibility index (Phi) is 12.0. The fraction of sp³-hybridized carbons (Fsp3) is 0.700. The van der Waals surface area contributed by atoms with Crippen LogP contribution in [0, 0.1) is 5.39 Å². The second kappa shape index (κ2) is 15.0. The lowest BCUT2D eigenvalue weighted by Gasteiger charge is -2.30. The van der Waals surface area contributed by atoms with Crippen molar-refractivity contribution in [2.75, 3.05) is 65.9 Å². The van der Waals surface area contributed by atoms with Crippen molar-refractivity contribution in [2.24, 2.45) is 5.73 Å². The lowest BCUT2D eigenvalue weighted by atomic mass is 10.1. The van der Waals surface area contributed by atoms with Gasteiger partial charge in [0.2, 0.25) is 0 Å². The van der Waals surface area contributed by atoms with E-state index in [2.05, 4.69) is 27.5 Å². The summed E-state index contributed by atoms with van der Waals surface area (Å²) in [6, 6.07) is 8.63. The monoisotopic (exact) mass is 408 g/mol. The standard InChI is InChI=1S/C20H34N5O4/c21-19-5-8-25(9-6-19)17-18-1-3-20(4-2-18)29-16-15-28-14-13-27-12-11-26-10-7-23-24-22/h1-4,19,23H,5-17,21H2/q+1. The van der Waals surface area contributed by atoms with Gasteiger partial charge in [0, 0.05) is 12.6 Å². The number of rotatable bonds is 15. The average molecular weight is 409 g/mol. The Balaban J connectivity index is 1.42. The summed E-state index contributed by atoms with van der Waals surface area (Å²) in [5, 5.41) is 10.9. The number of likely N-dealkylation sites (tertiary alicyclic amines) is 1. The fourth-order valence-electron chi connectivity index (χ4n) is 2.99. The topological polar surface area (TPSA) is 106 Å². The molecule has 9 heteroatoms. The van der Waals surface area contributed by atoms with E-state index >= 15 is 0 Å². The van der Waals surface area contributed by atoms with E-state index in [1.54, 1.807) is 0 Å². The van der Waals surface area contributed by atoms with E-state index in [0.29, 0.717) is 58.8 Å². The number of hydrogen-bond acceptors (Lipinski definition) is 8. The molecule has 1 aliphatic heterocycles. The predicted molar refractivity (Wildman–Crippen MR) is 110 cm³/mol. The number of nitrogens with one attached hydrogen (secondary N) is 1. The summed E-state index contributed by atoms with van der Waals surface area (Å²) in [6.07, 6.45) is 2.17. The Hall–Kier alpha value is -1.96. The van der Waals surface area contributed by atoms with Crippen LogP contribution in [0.5, 0.6) is 5.75 Å². The van der Waals surface area contributed by atoms with Gasteiger partial charge < -0.3 is 24.7 Å². The number of benzene rings is 1. The molecule has 1 aromatic carbocycles. The highest BCUT2D eigenvalue weighted by Gasteiger charge is 2.15. The normalized spacial score (nSPS) is 15.2. The van der Waals surface area contributed by atoms with Crippen LogP contribution in [0.25, 0.3) is 5.08 Å². The first-order chi connectivity index (χ1) is 14.3. The van der Waals surface area contributed by atoms with Gasteiger partial charge >= 0.3 is 5.08 Å². The van der Waals surface area contributed by atoms with Crippen LogP contribution in [0.15, 0.2) is 24.3 Å². The molecule has 0 radical (unpaired) electrons. The van der Waals surface area contributed by atoms with Gasteiger partial charge in [-0.3, -0.25) is 4.90 Å². The smallest absolute Gasteiger partial charge is 0.302 e. The fourth-order valence-corrected chi connectivity index (χ4v) is 2.99. The van der Waals surface area contributed by atoms with Gasteiger partial charge in [0.25, 0.3) is 5.39 Å². The molecule has 162 valence electrons. The number of piperidine rings is 1. The first kappa shape index (κ1) is 23.3. The molecule has 1 saturated heterocycles. The Morgan fingerprint density at radius 1 is 0.931 bits per heavy atom. The molecule has 0 unspecified atom stereocenters. The number of ether oxygens (including phenoxy) is 4. The molecule has 2 rings (SSSR count). The Morgan fingerprint density at radius 2 is 1.52 bits per heavy atom. The molecule has 0 aromatic heterocycles. The molecule has 0 bridgehead atoms. The first-order valence-electron chi connectivity index (χ1n) is 10.3. The van der Waals surface area contributed by atoms with Gasteiger partial charge in [-0.15, -0.1) is 0 Å². The third-order valence-corrected chi connectivity index (χ3v) is 4.63. The molecule has 0 amide bonds. The Morgan fingerprint density at radius 3 is 2.14 bits per heavy atom. The Labute approximate surface area is 173 Å². The zero-order valence-electron chi connectivity index (χ0n) is 17.1. The van der Waals surface area contributed by atoms with Crippen LogP contribution in [0.3, 0.4) is 0 Å². The van der Waals surface area contributed by atoms with Crippen molar-refractivity contribution in [1.82, 2.24) is 10.3 Å². The number of diazo groups is 1. The Bertz CT molecular complexity index is 573. The van der Waals surface area contributed by atoms with Crippen molar-refractivity contribution in [1.29, 1.82) is 5.39 Å². The quantitative estimate of drug-likeness (QED) is 0.255. The third-order valence-electron chi connectivity index (χ3n) is 4.63. The minimum Gasteiger partial charge on any atom is -0.491 e. The van der Waals surface area contributed by atoms with E-state index in [1.165, 1.54) is 5.56 Å². The van der Waals surface area contributed by atoms with Crippen LogP contribution in [0.2, 0.25) is 0 Å². The molecule has 0 atom stereocenters. The van der Waals surface area contributed by atoms with E-state index in [9.17, 15) is 0 Å². The zero-order valence-corrected chi connectivity index (χ0v) is 17.1. The molecule has 1 fully saturated rings. The largest absolute Gasteiger partial charge is 0.491 e. The minimum atomic E-state index is 0.368. The van der Waals surface area contributed by atoms with Crippen LogP contribution in [0.1, 0.15) is 18.4 Å². The molecule has 0 saturated carbocycles. The minimum absolute atomic E-state index is 0.368. The van der Waals surface area contributed by atoms with Crippen molar-refractivity contribution >= 4 is 0 Å². The van der Waals surface area contributed by atoms with Crippen molar-refractivity contribution in [3.8, 4) is 5.75 Å². The molecule has 3 N–H and O–H groups in total. The first-order valence-corrected chi connectivity index (χ1v) is 10.3. The molecular weight excluding hydrogens is 374 g/mol. The lowest BCUT2D eigenvalue weighted by molar-refractivity contribution is 0.0101. The molecule has 1 heterocycles. The molecule has 1 aromatic rings.